The van der Waals surface area contributed by atoms with Crippen molar-refractivity contribution < 1.29 is 14.3 Å². The maximum absolute atomic E-state index is 13.7. The zero-order chi connectivity index (χ0) is 26.6. The Morgan fingerprint density at radius 2 is 1.68 bits per heavy atom. The number of hydrogen-bond donors (Lipinski definition) is 1. The number of amides is 2. The van der Waals surface area contributed by atoms with Crippen LogP contribution in [0.2, 0.25) is 0 Å². The highest BCUT2D eigenvalue weighted by Gasteiger charge is 2.30. The summed E-state index contributed by atoms with van der Waals surface area (Å²) in [5.41, 5.74) is 3.11. The highest BCUT2D eigenvalue weighted by atomic mass is 79.9. The Labute approximate surface area is 233 Å². The van der Waals surface area contributed by atoms with Gasteiger partial charge in [-0.15, -0.1) is 11.8 Å². The van der Waals surface area contributed by atoms with Gasteiger partial charge in [0.05, 0.1) is 12.9 Å². The third-order valence-electron chi connectivity index (χ3n) is 6.17. The number of rotatable bonds is 13. The van der Waals surface area contributed by atoms with Gasteiger partial charge in [0.25, 0.3) is 0 Å². The predicted octanol–water partition coefficient (Wildman–Crippen LogP) is 6.25. The van der Waals surface area contributed by atoms with E-state index in [1.165, 1.54) is 0 Å². The van der Waals surface area contributed by atoms with Gasteiger partial charge in [0, 0.05) is 29.2 Å². The summed E-state index contributed by atoms with van der Waals surface area (Å²) in [5, 5.41) is 3.11. The van der Waals surface area contributed by atoms with Gasteiger partial charge in [0.15, 0.2) is 0 Å². The van der Waals surface area contributed by atoms with Gasteiger partial charge in [-0.3, -0.25) is 9.59 Å². The van der Waals surface area contributed by atoms with Crippen molar-refractivity contribution in [2.75, 3.05) is 12.9 Å². The number of benzene rings is 3. The first-order valence-corrected chi connectivity index (χ1v) is 14.4. The van der Waals surface area contributed by atoms with E-state index < -0.39 is 6.04 Å². The van der Waals surface area contributed by atoms with Gasteiger partial charge < -0.3 is 15.0 Å². The summed E-state index contributed by atoms with van der Waals surface area (Å²) >= 11 is 5.08. The van der Waals surface area contributed by atoms with E-state index in [1.54, 1.807) is 23.8 Å². The van der Waals surface area contributed by atoms with Crippen molar-refractivity contribution in [3.05, 3.63) is 100 Å². The maximum atomic E-state index is 13.7. The van der Waals surface area contributed by atoms with Gasteiger partial charge in [-0.2, -0.15) is 0 Å². The van der Waals surface area contributed by atoms with Crippen LogP contribution in [0.4, 0.5) is 0 Å². The van der Waals surface area contributed by atoms with E-state index in [0.717, 1.165) is 33.3 Å². The highest BCUT2D eigenvalue weighted by Crippen LogP contribution is 2.21. The van der Waals surface area contributed by atoms with Crippen LogP contribution in [0.25, 0.3) is 0 Å². The van der Waals surface area contributed by atoms with Gasteiger partial charge >= 0.3 is 0 Å². The normalized spacial score (nSPS) is 12.4. The Morgan fingerprint density at radius 3 is 2.32 bits per heavy atom. The van der Waals surface area contributed by atoms with Gasteiger partial charge in [-0.05, 0) is 54.3 Å². The molecule has 3 aromatic rings. The molecule has 0 aliphatic heterocycles. The molecule has 1 N–H and O–H groups in total. The summed E-state index contributed by atoms with van der Waals surface area (Å²) in [5.74, 6) is 1.60. The van der Waals surface area contributed by atoms with Crippen molar-refractivity contribution in [1.82, 2.24) is 10.2 Å². The summed E-state index contributed by atoms with van der Waals surface area (Å²) in [6.07, 6.45) is 1.27. The number of ether oxygens (including phenoxy) is 1. The molecule has 2 atom stereocenters. The SMILES string of the molecule is CC[C@H](C)NC(=O)[C@H](Cc1ccccc1)N(Cc1cccc(Br)c1)C(=O)CSCc1ccc(OC)cc1. The largest absolute Gasteiger partial charge is 0.497 e. The summed E-state index contributed by atoms with van der Waals surface area (Å²) in [6, 6.07) is 25.0. The molecule has 0 bridgehead atoms. The first-order valence-electron chi connectivity index (χ1n) is 12.5. The Bertz CT molecular complexity index is 1140. The van der Waals surface area contributed by atoms with E-state index in [9.17, 15) is 9.59 Å². The van der Waals surface area contributed by atoms with Crippen LogP contribution in [0.15, 0.2) is 83.3 Å². The zero-order valence-electron chi connectivity index (χ0n) is 21.7. The van der Waals surface area contributed by atoms with E-state index in [0.29, 0.717) is 18.7 Å². The van der Waals surface area contributed by atoms with Crippen LogP contribution in [0.3, 0.4) is 0 Å². The lowest BCUT2D eigenvalue weighted by atomic mass is 10.0. The van der Waals surface area contributed by atoms with E-state index in [2.05, 4.69) is 21.2 Å². The molecule has 196 valence electrons. The van der Waals surface area contributed by atoms with Crippen LogP contribution in [-0.4, -0.2) is 41.7 Å². The lowest BCUT2D eigenvalue weighted by Crippen LogP contribution is -2.52. The average molecular weight is 584 g/mol. The average Bonchev–Trinajstić information content (AvgIpc) is 2.91. The number of methoxy groups -OCH3 is 1. The second-order valence-corrected chi connectivity index (χ2v) is 10.9. The number of carbonyl (C=O) groups is 2. The van der Waals surface area contributed by atoms with Crippen molar-refractivity contribution >= 4 is 39.5 Å². The molecule has 0 aromatic heterocycles. The molecule has 0 fully saturated rings. The molecule has 37 heavy (non-hydrogen) atoms. The fourth-order valence-corrected chi connectivity index (χ4v) is 5.21. The molecule has 7 heteroatoms. The standard InChI is InChI=1S/C30H35BrN2O3S/c1-4-22(2)32-30(35)28(18-23-9-6-5-7-10-23)33(19-25-11-8-12-26(31)17-25)29(34)21-37-20-24-13-15-27(36-3)16-14-24/h5-17,22,28H,4,18-21H2,1-3H3,(H,32,35)/t22-,28-/m0/s1. The topological polar surface area (TPSA) is 58.6 Å². The zero-order valence-corrected chi connectivity index (χ0v) is 24.1. The van der Waals surface area contributed by atoms with Crippen LogP contribution >= 0.6 is 27.7 Å². The lowest BCUT2D eigenvalue weighted by Gasteiger charge is -2.32. The van der Waals surface area contributed by atoms with E-state index in [1.807, 2.05) is 92.7 Å². The summed E-state index contributed by atoms with van der Waals surface area (Å²) in [7, 11) is 1.64. The minimum atomic E-state index is -0.621. The minimum Gasteiger partial charge on any atom is -0.497 e. The molecule has 0 saturated carbocycles. The van der Waals surface area contributed by atoms with Crippen molar-refractivity contribution in [3.63, 3.8) is 0 Å². The number of carbonyl (C=O) groups excluding carboxylic acids is 2. The Morgan fingerprint density at radius 1 is 0.973 bits per heavy atom. The second kappa shape index (κ2) is 14.8. The fourth-order valence-electron chi connectivity index (χ4n) is 3.89. The molecule has 3 rings (SSSR count). The molecule has 0 heterocycles. The van der Waals surface area contributed by atoms with Crippen LogP contribution in [0, 0.1) is 0 Å². The van der Waals surface area contributed by atoms with Crippen LogP contribution < -0.4 is 10.1 Å². The Balaban J connectivity index is 1.83. The predicted molar refractivity (Wildman–Crippen MR) is 156 cm³/mol. The van der Waals surface area contributed by atoms with Gasteiger partial charge in [-0.25, -0.2) is 0 Å². The van der Waals surface area contributed by atoms with Crippen molar-refractivity contribution in [3.8, 4) is 5.75 Å². The fraction of sp³-hybridized carbons (Fsp3) is 0.333. The molecule has 0 unspecified atom stereocenters. The van der Waals surface area contributed by atoms with Gasteiger partial charge in [0.1, 0.15) is 11.8 Å². The molecule has 2 amide bonds. The van der Waals surface area contributed by atoms with Crippen LogP contribution in [0.5, 0.6) is 5.75 Å². The molecule has 5 nitrogen and oxygen atoms in total. The molecule has 0 radical (unpaired) electrons. The highest BCUT2D eigenvalue weighted by molar-refractivity contribution is 9.10. The van der Waals surface area contributed by atoms with Crippen LogP contribution in [-0.2, 0) is 28.3 Å². The van der Waals surface area contributed by atoms with Crippen molar-refractivity contribution in [2.45, 2.75) is 51.1 Å². The maximum Gasteiger partial charge on any atom is 0.243 e. The summed E-state index contributed by atoms with van der Waals surface area (Å²) < 4.78 is 6.17. The lowest BCUT2D eigenvalue weighted by molar-refractivity contribution is -0.139. The second-order valence-electron chi connectivity index (χ2n) is 9.02. The number of hydrogen-bond acceptors (Lipinski definition) is 4. The monoisotopic (exact) mass is 582 g/mol. The third kappa shape index (κ3) is 9.24. The molecule has 0 spiro atoms. The first-order chi connectivity index (χ1) is 17.9. The Hall–Kier alpha value is -2.77. The molecule has 3 aromatic carbocycles. The number of nitrogens with one attached hydrogen (secondary N) is 1. The van der Waals surface area contributed by atoms with Gasteiger partial charge in [0.2, 0.25) is 11.8 Å². The molecular weight excluding hydrogens is 548 g/mol. The van der Waals surface area contributed by atoms with Crippen LogP contribution in [0.1, 0.15) is 37.0 Å². The third-order valence-corrected chi connectivity index (χ3v) is 7.65. The molecule has 0 aliphatic rings. The van der Waals surface area contributed by atoms with Crippen molar-refractivity contribution in [1.29, 1.82) is 0 Å². The smallest absolute Gasteiger partial charge is 0.243 e. The summed E-state index contributed by atoms with van der Waals surface area (Å²) in [4.78, 5) is 29.0. The van der Waals surface area contributed by atoms with E-state index >= 15 is 0 Å². The minimum absolute atomic E-state index is 0.0260. The first kappa shape index (κ1) is 28.8. The van der Waals surface area contributed by atoms with E-state index in [4.69, 9.17) is 4.74 Å². The Kier molecular flexibility index (Phi) is 11.5. The molecule has 0 aliphatic carbocycles. The number of thioether (sulfide) groups is 1. The number of halogens is 1. The number of nitrogens with zero attached hydrogens (tertiary/aromatic N) is 1. The van der Waals surface area contributed by atoms with Crippen molar-refractivity contribution in [2.24, 2.45) is 0 Å². The van der Waals surface area contributed by atoms with Gasteiger partial charge in [-0.1, -0.05) is 77.5 Å². The molecular formula is C30H35BrN2O3S. The summed E-state index contributed by atoms with van der Waals surface area (Å²) in [6.45, 7) is 4.38. The quantitative estimate of drug-likeness (QED) is 0.259. The molecule has 0 saturated heterocycles. The van der Waals surface area contributed by atoms with E-state index in [-0.39, 0.29) is 23.6 Å².